The topological polar surface area (TPSA) is 34.1 Å². The van der Waals surface area contributed by atoms with Crippen LogP contribution in [0.15, 0.2) is 59.4 Å². The Morgan fingerprint density at radius 1 is 0.760 bits per heavy atom. The van der Waals surface area contributed by atoms with Gasteiger partial charge in [-0.15, -0.1) is 13.2 Å². The summed E-state index contributed by atoms with van der Waals surface area (Å²) in [5.74, 6) is -5.08. The first-order chi connectivity index (χ1) is 11.8. The van der Waals surface area contributed by atoms with Crippen molar-refractivity contribution in [3.63, 3.8) is 0 Å². The van der Waals surface area contributed by atoms with Gasteiger partial charge in [0, 0.05) is 11.1 Å². The highest BCUT2D eigenvalue weighted by atomic mass is 32.2. The van der Waals surface area contributed by atoms with Gasteiger partial charge in [-0.25, -0.2) is 26.0 Å². The van der Waals surface area contributed by atoms with Crippen molar-refractivity contribution in [1.82, 2.24) is 0 Å². The Balaban J connectivity index is 2.81. The second kappa shape index (κ2) is 7.23. The van der Waals surface area contributed by atoms with Crippen molar-refractivity contribution in [1.29, 1.82) is 0 Å². The molecule has 0 saturated heterocycles. The summed E-state index contributed by atoms with van der Waals surface area (Å²) >= 11 is 0. The summed E-state index contributed by atoms with van der Waals surface area (Å²) in [6.45, 7) is 6.78. The van der Waals surface area contributed by atoms with Crippen LogP contribution in [0.25, 0.3) is 0 Å². The van der Waals surface area contributed by atoms with E-state index in [0.29, 0.717) is 12.1 Å². The Labute approximate surface area is 143 Å². The molecule has 0 aliphatic carbocycles. The predicted octanol–water partition coefficient (Wildman–Crippen LogP) is 4.53. The molecule has 2 rings (SSSR count). The third kappa shape index (κ3) is 3.37. The molecule has 0 aliphatic heterocycles. The average Bonchev–Trinajstić information content (AvgIpc) is 2.56. The summed E-state index contributed by atoms with van der Waals surface area (Å²) in [4.78, 5) is -1.05. The van der Waals surface area contributed by atoms with Gasteiger partial charge in [-0.1, -0.05) is 12.2 Å². The number of allylic oxidation sites excluding steroid dienone is 2. The summed E-state index contributed by atoms with van der Waals surface area (Å²) in [7, 11) is -4.43. The van der Waals surface area contributed by atoms with E-state index >= 15 is 0 Å². The van der Waals surface area contributed by atoms with Gasteiger partial charge in [0.2, 0.25) is 9.84 Å². The van der Waals surface area contributed by atoms with Gasteiger partial charge in [0.1, 0.15) is 0 Å². The number of hydrogen-bond acceptors (Lipinski definition) is 2. The quantitative estimate of drug-likeness (QED) is 0.425. The summed E-state index contributed by atoms with van der Waals surface area (Å²) < 4.78 is 80.8. The number of rotatable bonds is 6. The lowest BCUT2D eigenvalue weighted by molar-refractivity contribution is 0.493. The molecule has 0 aliphatic rings. The highest BCUT2D eigenvalue weighted by Gasteiger charge is 2.28. The van der Waals surface area contributed by atoms with Gasteiger partial charge in [-0.3, -0.25) is 0 Å². The molecule has 0 N–H and O–H groups in total. The van der Waals surface area contributed by atoms with Crippen LogP contribution in [-0.2, 0) is 22.7 Å². The van der Waals surface area contributed by atoms with Gasteiger partial charge < -0.3 is 0 Å². The van der Waals surface area contributed by atoms with E-state index in [0.717, 1.165) is 12.1 Å². The van der Waals surface area contributed by atoms with E-state index in [-0.39, 0.29) is 12.8 Å². The van der Waals surface area contributed by atoms with Crippen LogP contribution < -0.4 is 0 Å². The number of hydrogen-bond donors (Lipinski definition) is 0. The second-order valence-electron chi connectivity index (χ2n) is 5.17. The van der Waals surface area contributed by atoms with Crippen LogP contribution in [0.2, 0.25) is 0 Å². The predicted molar refractivity (Wildman–Crippen MR) is 86.0 cm³/mol. The molecule has 0 saturated carbocycles. The minimum absolute atomic E-state index is 0.251. The van der Waals surface area contributed by atoms with Gasteiger partial charge in [0.15, 0.2) is 23.3 Å². The molecule has 0 amide bonds. The second-order valence-corrected chi connectivity index (χ2v) is 7.05. The molecule has 0 spiro atoms. The van der Waals surface area contributed by atoms with Crippen LogP contribution >= 0.6 is 0 Å². The lowest BCUT2D eigenvalue weighted by Crippen LogP contribution is -2.12. The maximum absolute atomic E-state index is 14.0. The molecular weight excluding hydrogens is 356 g/mol. The van der Waals surface area contributed by atoms with Crippen molar-refractivity contribution in [3.8, 4) is 0 Å². The molecule has 132 valence electrons. The van der Waals surface area contributed by atoms with Gasteiger partial charge in [0.05, 0.1) is 9.79 Å². The minimum Gasteiger partial charge on any atom is -0.218 e. The third-order valence-electron chi connectivity index (χ3n) is 3.58. The fourth-order valence-electron chi connectivity index (χ4n) is 2.44. The Morgan fingerprint density at radius 3 is 1.44 bits per heavy atom. The molecule has 2 aromatic rings. The molecule has 2 aromatic carbocycles. The summed E-state index contributed by atoms with van der Waals surface area (Å²) in [5.41, 5.74) is -0.853. The van der Waals surface area contributed by atoms with Crippen LogP contribution in [0.3, 0.4) is 0 Å². The van der Waals surface area contributed by atoms with E-state index in [9.17, 15) is 26.0 Å². The zero-order valence-corrected chi connectivity index (χ0v) is 13.8. The Bertz CT molecular complexity index is 879. The van der Waals surface area contributed by atoms with Crippen LogP contribution in [0.5, 0.6) is 0 Å². The first kappa shape index (κ1) is 18.9. The van der Waals surface area contributed by atoms with Crippen LogP contribution in [-0.4, -0.2) is 8.42 Å². The van der Waals surface area contributed by atoms with Crippen molar-refractivity contribution in [2.24, 2.45) is 0 Å². The SMILES string of the molecule is C=CCc1c(S(=O)(=O)c2ccc(F)c(F)c2CC=C)ccc(F)c1F. The first-order valence-electron chi connectivity index (χ1n) is 7.16. The van der Waals surface area contributed by atoms with Crippen LogP contribution in [0.1, 0.15) is 11.1 Å². The lowest BCUT2D eigenvalue weighted by atomic mass is 10.1. The van der Waals surface area contributed by atoms with Gasteiger partial charge in [0.25, 0.3) is 0 Å². The smallest absolute Gasteiger partial charge is 0.207 e. The maximum atomic E-state index is 14.0. The zero-order valence-electron chi connectivity index (χ0n) is 13.0. The highest BCUT2D eigenvalue weighted by Crippen LogP contribution is 2.31. The molecule has 0 unspecified atom stereocenters. The monoisotopic (exact) mass is 370 g/mol. The molecule has 0 aromatic heterocycles. The molecule has 0 heterocycles. The Hall–Kier alpha value is -2.41. The van der Waals surface area contributed by atoms with E-state index in [1.807, 2.05) is 0 Å². The largest absolute Gasteiger partial charge is 0.218 e. The zero-order chi connectivity index (χ0) is 18.8. The molecule has 0 fully saturated rings. The molecule has 0 atom stereocenters. The summed E-state index contributed by atoms with van der Waals surface area (Å²) in [6.07, 6.45) is 1.93. The highest BCUT2D eigenvalue weighted by molar-refractivity contribution is 7.91. The van der Waals surface area contributed by atoms with Crippen molar-refractivity contribution in [3.05, 3.63) is 84.0 Å². The molecule has 0 bridgehead atoms. The van der Waals surface area contributed by atoms with Gasteiger partial charge >= 0.3 is 0 Å². The van der Waals surface area contributed by atoms with Crippen molar-refractivity contribution >= 4 is 9.84 Å². The van der Waals surface area contributed by atoms with Crippen molar-refractivity contribution in [2.45, 2.75) is 22.6 Å². The van der Waals surface area contributed by atoms with Gasteiger partial charge in [-0.2, -0.15) is 0 Å². The van der Waals surface area contributed by atoms with Crippen LogP contribution in [0, 0.1) is 23.3 Å². The molecule has 2 nitrogen and oxygen atoms in total. The van der Waals surface area contributed by atoms with Gasteiger partial charge in [-0.05, 0) is 37.1 Å². The molecule has 25 heavy (non-hydrogen) atoms. The fraction of sp³-hybridized carbons (Fsp3) is 0.111. The molecule has 7 heteroatoms. The van der Waals surface area contributed by atoms with E-state index in [1.165, 1.54) is 12.2 Å². The number of halogens is 4. The van der Waals surface area contributed by atoms with E-state index in [4.69, 9.17) is 0 Å². The number of sulfone groups is 1. The minimum atomic E-state index is -4.43. The number of benzene rings is 2. The van der Waals surface area contributed by atoms with E-state index < -0.39 is 54.0 Å². The van der Waals surface area contributed by atoms with E-state index in [1.54, 1.807) is 0 Å². The normalized spacial score (nSPS) is 11.4. The Morgan fingerprint density at radius 2 is 1.12 bits per heavy atom. The molecule has 0 radical (unpaired) electrons. The average molecular weight is 370 g/mol. The maximum Gasteiger partial charge on any atom is 0.207 e. The molecular formula is C18H14F4O2S. The first-order valence-corrected chi connectivity index (χ1v) is 8.64. The standard InChI is InChI=1S/C18H14F4O2S/c1-3-5-11-15(9-7-13(19)17(11)21)25(23,24)16-10-8-14(20)18(22)12(16)6-4-2/h3-4,7-10H,1-2,5-6H2. The fourth-order valence-corrected chi connectivity index (χ4v) is 4.17. The van der Waals surface area contributed by atoms with Crippen LogP contribution in [0.4, 0.5) is 17.6 Å². The van der Waals surface area contributed by atoms with E-state index in [2.05, 4.69) is 13.2 Å². The van der Waals surface area contributed by atoms with Crippen molar-refractivity contribution in [2.75, 3.05) is 0 Å². The van der Waals surface area contributed by atoms with Crippen molar-refractivity contribution < 1.29 is 26.0 Å². The Kier molecular flexibility index (Phi) is 5.47. The summed E-state index contributed by atoms with van der Waals surface area (Å²) in [6, 6.07) is 3.13. The lowest BCUT2D eigenvalue weighted by Gasteiger charge is -2.14. The summed E-state index contributed by atoms with van der Waals surface area (Å²) in [5, 5.41) is 0. The third-order valence-corrected chi connectivity index (χ3v) is 5.51.